The van der Waals surface area contributed by atoms with Crippen LogP contribution in [-0.4, -0.2) is 29.6 Å². The highest BCUT2D eigenvalue weighted by Gasteiger charge is 2.41. The van der Waals surface area contributed by atoms with E-state index in [4.69, 9.17) is 0 Å². The fourth-order valence-electron chi connectivity index (χ4n) is 4.29. The van der Waals surface area contributed by atoms with Gasteiger partial charge in [0, 0.05) is 31.2 Å². The molecule has 0 bridgehead atoms. The first kappa shape index (κ1) is 15.1. The molecule has 0 radical (unpaired) electrons. The molecule has 1 aromatic rings. The Morgan fingerprint density at radius 1 is 1.14 bits per heavy atom. The van der Waals surface area contributed by atoms with Gasteiger partial charge in [0.1, 0.15) is 0 Å². The van der Waals surface area contributed by atoms with Gasteiger partial charge in [-0.2, -0.15) is 0 Å². The summed E-state index contributed by atoms with van der Waals surface area (Å²) in [6.45, 7) is 10.4. The minimum absolute atomic E-state index is 0.416. The van der Waals surface area contributed by atoms with Crippen LogP contribution in [0.4, 0.5) is 0 Å². The maximum absolute atomic E-state index is 3.75. The van der Waals surface area contributed by atoms with Crippen molar-refractivity contribution in [1.29, 1.82) is 0 Å². The fraction of sp³-hybridized carbons (Fsp3) is 0.684. The Morgan fingerprint density at radius 3 is 2.48 bits per heavy atom. The number of nitrogens with zero attached hydrogens (tertiary/aromatic N) is 1. The van der Waals surface area contributed by atoms with Crippen molar-refractivity contribution in [3.05, 3.63) is 34.9 Å². The second kappa shape index (κ2) is 6.10. The van der Waals surface area contributed by atoms with Crippen molar-refractivity contribution in [2.75, 3.05) is 13.1 Å². The highest BCUT2D eigenvalue weighted by Crippen LogP contribution is 2.36. The number of hydrogen-bond acceptors (Lipinski definition) is 2. The van der Waals surface area contributed by atoms with Gasteiger partial charge in [-0.1, -0.05) is 37.5 Å². The average molecular weight is 286 g/mol. The minimum Gasteiger partial charge on any atom is -0.311 e. The Bertz CT molecular complexity index is 468. The molecule has 1 saturated carbocycles. The van der Waals surface area contributed by atoms with E-state index in [-0.39, 0.29) is 0 Å². The summed E-state index contributed by atoms with van der Waals surface area (Å²) in [5.41, 5.74) is 4.87. The molecule has 0 aromatic heterocycles. The van der Waals surface area contributed by atoms with E-state index in [9.17, 15) is 0 Å². The molecule has 2 fully saturated rings. The number of nitrogens with one attached hydrogen (secondary N) is 1. The second-order valence-corrected chi connectivity index (χ2v) is 7.32. The molecule has 1 heterocycles. The summed E-state index contributed by atoms with van der Waals surface area (Å²) in [5.74, 6) is 0. The smallest absolute Gasteiger partial charge is 0.0338 e. The van der Waals surface area contributed by atoms with Crippen molar-refractivity contribution in [2.24, 2.45) is 0 Å². The maximum atomic E-state index is 3.75. The van der Waals surface area contributed by atoms with Crippen molar-refractivity contribution < 1.29 is 0 Å². The summed E-state index contributed by atoms with van der Waals surface area (Å²) in [6.07, 6.45) is 6.97. The molecule has 1 aromatic carbocycles. The Kier molecular flexibility index (Phi) is 4.37. The summed E-state index contributed by atoms with van der Waals surface area (Å²) in [7, 11) is 0. The number of aryl methyl sites for hydroxylation is 2. The average Bonchev–Trinajstić information content (AvgIpc) is 2.48. The van der Waals surface area contributed by atoms with Crippen LogP contribution in [0.15, 0.2) is 18.2 Å². The van der Waals surface area contributed by atoms with Crippen LogP contribution >= 0.6 is 0 Å². The van der Waals surface area contributed by atoms with Gasteiger partial charge >= 0.3 is 0 Å². The highest BCUT2D eigenvalue weighted by atomic mass is 15.3. The third-order valence-corrected chi connectivity index (χ3v) is 5.72. The molecular weight excluding hydrogens is 256 g/mol. The van der Waals surface area contributed by atoms with E-state index in [1.165, 1.54) is 56.3 Å². The molecule has 1 atom stereocenters. The van der Waals surface area contributed by atoms with Gasteiger partial charge in [0.15, 0.2) is 0 Å². The van der Waals surface area contributed by atoms with E-state index in [1.807, 2.05) is 0 Å². The third kappa shape index (κ3) is 3.02. The molecule has 3 rings (SSSR count). The first-order valence-corrected chi connectivity index (χ1v) is 8.64. The zero-order valence-corrected chi connectivity index (χ0v) is 13.9. The van der Waals surface area contributed by atoms with Crippen molar-refractivity contribution in [2.45, 2.75) is 71.0 Å². The summed E-state index contributed by atoms with van der Waals surface area (Å²) in [5, 5.41) is 3.75. The van der Waals surface area contributed by atoms with E-state index in [2.05, 4.69) is 49.2 Å². The first-order valence-electron chi connectivity index (χ1n) is 8.64. The van der Waals surface area contributed by atoms with E-state index < -0.39 is 0 Å². The van der Waals surface area contributed by atoms with Gasteiger partial charge in [-0.05, 0) is 50.3 Å². The predicted octanol–water partition coefficient (Wildman–Crippen LogP) is 3.80. The monoisotopic (exact) mass is 286 g/mol. The van der Waals surface area contributed by atoms with Gasteiger partial charge in [0.2, 0.25) is 0 Å². The summed E-state index contributed by atoms with van der Waals surface area (Å²) in [4.78, 5) is 2.81. The highest BCUT2D eigenvalue weighted by molar-refractivity contribution is 5.33. The van der Waals surface area contributed by atoms with Gasteiger partial charge in [-0.3, -0.25) is 4.90 Å². The molecule has 1 N–H and O–H groups in total. The quantitative estimate of drug-likeness (QED) is 0.889. The second-order valence-electron chi connectivity index (χ2n) is 7.32. The molecule has 21 heavy (non-hydrogen) atoms. The molecule has 1 aliphatic heterocycles. The summed E-state index contributed by atoms with van der Waals surface area (Å²) < 4.78 is 0. The van der Waals surface area contributed by atoms with Crippen LogP contribution in [-0.2, 0) is 6.54 Å². The van der Waals surface area contributed by atoms with E-state index in [0.717, 1.165) is 6.54 Å². The normalized spacial score (nSPS) is 26.1. The molecule has 1 saturated heterocycles. The van der Waals surface area contributed by atoms with E-state index in [0.29, 0.717) is 11.6 Å². The van der Waals surface area contributed by atoms with E-state index >= 15 is 0 Å². The molecule has 2 aliphatic rings. The zero-order chi connectivity index (χ0) is 14.9. The lowest BCUT2D eigenvalue weighted by Crippen LogP contribution is -2.64. The lowest BCUT2D eigenvalue weighted by Gasteiger charge is -2.52. The molecule has 1 aliphatic carbocycles. The van der Waals surface area contributed by atoms with Gasteiger partial charge in [-0.15, -0.1) is 0 Å². The largest absolute Gasteiger partial charge is 0.311 e. The van der Waals surface area contributed by atoms with Crippen LogP contribution in [0, 0.1) is 13.8 Å². The van der Waals surface area contributed by atoms with Crippen LogP contribution < -0.4 is 5.32 Å². The summed E-state index contributed by atoms with van der Waals surface area (Å²) in [6, 6.07) is 7.33. The lowest BCUT2D eigenvalue weighted by atomic mass is 9.78. The van der Waals surface area contributed by atoms with Crippen molar-refractivity contribution >= 4 is 0 Å². The summed E-state index contributed by atoms with van der Waals surface area (Å²) >= 11 is 0. The fourth-order valence-corrected chi connectivity index (χ4v) is 4.29. The first-order chi connectivity index (χ1) is 10.1. The molecule has 2 heteroatoms. The number of benzene rings is 1. The molecule has 0 amide bonds. The molecule has 116 valence electrons. The SMILES string of the molecule is Cc1cccc(C)c1CN1CC(C)NCC12CCCCC2. The lowest BCUT2D eigenvalue weighted by molar-refractivity contribution is 0.00593. The maximum Gasteiger partial charge on any atom is 0.0338 e. The number of piperazine rings is 1. The standard InChI is InChI=1S/C19H30N2/c1-15-8-7-9-16(2)18(15)13-21-12-17(3)20-14-19(21)10-5-4-6-11-19/h7-9,17,20H,4-6,10-14H2,1-3H3. The van der Waals surface area contributed by atoms with Crippen LogP contribution in [0.5, 0.6) is 0 Å². The Labute approximate surface area is 129 Å². The van der Waals surface area contributed by atoms with Crippen molar-refractivity contribution in [3.8, 4) is 0 Å². The zero-order valence-electron chi connectivity index (χ0n) is 13.9. The van der Waals surface area contributed by atoms with Gasteiger partial charge in [0.25, 0.3) is 0 Å². The third-order valence-electron chi connectivity index (χ3n) is 5.72. The van der Waals surface area contributed by atoms with Gasteiger partial charge in [0.05, 0.1) is 0 Å². The van der Waals surface area contributed by atoms with Gasteiger partial charge in [-0.25, -0.2) is 0 Å². The number of hydrogen-bond donors (Lipinski definition) is 1. The van der Waals surface area contributed by atoms with Crippen LogP contribution in [0.3, 0.4) is 0 Å². The van der Waals surface area contributed by atoms with Crippen molar-refractivity contribution in [1.82, 2.24) is 10.2 Å². The van der Waals surface area contributed by atoms with Crippen LogP contribution in [0.2, 0.25) is 0 Å². The molecule has 1 unspecified atom stereocenters. The molecular formula is C19H30N2. The Morgan fingerprint density at radius 2 is 1.81 bits per heavy atom. The van der Waals surface area contributed by atoms with Crippen LogP contribution in [0.25, 0.3) is 0 Å². The van der Waals surface area contributed by atoms with Crippen molar-refractivity contribution in [3.63, 3.8) is 0 Å². The van der Waals surface area contributed by atoms with Crippen LogP contribution in [0.1, 0.15) is 55.7 Å². The Hall–Kier alpha value is -0.860. The van der Waals surface area contributed by atoms with E-state index in [1.54, 1.807) is 5.56 Å². The topological polar surface area (TPSA) is 15.3 Å². The minimum atomic E-state index is 0.416. The predicted molar refractivity (Wildman–Crippen MR) is 89.6 cm³/mol. The van der Waals surface area contributed by atoms with Gasteiger partial charge < -0.3 is 5.32 Å². The molecule has 2 nitrogen and oxygen atoms in total. The molecule has 1 spiro atoms. The Balaban J connectivity index is 1.86. The number of rotatable bonds is 2.